The Hall–Kier alpha value is -1.18. The van der Waals surface area contributed by atoms with Gasteiger partial charge in [0.25, 0.3) is 0 Å². The van der Waals surface area contributed by atoms with Crippen molar-refractivity contribution in [2.45, 2.75) is 5.92 Å². The Morgan fingerprint density at radius 1 is 1.05 bits per heavy atom. The van der Waals surface area contributed by atoms with Crippen LogP contribution in [-0.4, -0.2) is 12.1 Å². The number of benzene rings is 1. The fraction of sp³-hybridized carbons (Fsp3) is 0.143. The van der Waals surface area contributed by atoms with Crippen LogP contribution in [0.3, 0.4) is 0 Å². The molecule has 0 N–H and O–H groups in total. The molecule has 0 saturated heterocycles. The first-order valence-corrected chi connectivity index (χ1v) is 7.24. The van der Waals surface area contributed by atoms with E-state index in [4.69, 9.17) is 51.1 Å². The fourth-order valence-electron chi connectivity index (χ4n) is 1.86. The minimum absolute atomic E-state index is 0.00910. The van der Waals surface area contributed by atoms with Gasteiger partial charge in [0.05, 0.1) is 29.1 Å². The summed E-state index contributed by atoms with van der Waals surface area (Å²) < 4.78 is 5.09. The number of nitriles is 1. The van der Waals surface area contributed by atoms with Crippen molar-refractivity contribution in [3.05, 3.63) is 55.7 Å². The van der Waals surface area contributed by atoms with Crippen LogP contribution >= 0.6 is 46.4 Å². The van der Waals surface area contributed by atoms with Crippen molar-refractivity contribution in [3.8, 4) is 11.8 Å². The van der Waals surface area contributed by atoms with E-state index < -0.39 is 5.92 Å². The maximum atomic E-state index is 9.48. The summed E-state index contributed by atoms with van der Waals surface area (Å²) in [7, 11) is 1.56. The molecule has 0 bridgehead atoms. The van der Waals surface area contributed by atoms with Crippen LogP contribution in [0.25, 0.3) is 0 Å². The summed E-state index contributed by atoms with van der Waals surface area (Å²) in [5.74, 6) is -0.0349. The highest BCUT2D eigenvalue weighted by atomic mass is 35.5. The summed E-state index contributed by atoms with van der Waals surface area (Å²) in [5, 5.41) is 9.74. The number of rotatable bonds is 3. The van der Waals surface area contributed by atoms with Gasteiger partial charge < -0.3 is 4.74 Å². The summed E-state index contributed by atoms with van der Waals surface area (Å²) in [4.78, 5) is 3.81. The molecule has 1 atom stereocenters. The first kappa shape index (κ1) is 16.2. The predicted octanol–water partition coefficient (Wildman–Crippen LogP) is 5.36. The standard InChI is InChI=1S/C14H8Cl4N2O/c1-21-8-4-2-7(3-5-8)9(6-19)10-11(15)13(17)20-14(18)12(10)16/h2-5,9H,1H3. The first-order valence-electron chi connectivity index (χ1n) is 5.73. The van der Waals surface area contributed by atoms with Crippen LogP contribution in [0.4, 0.5) is 0 Å². The summed E-state index contributed by atoms with van der Waals surface area (Å²) in [6, 6.07) is 9.14. The Morgan fingerprint density at radius 2 is 1.57 bits per heavy atom. The van der Waals surface area contributed by atoms with Gasteiger partial charge in [0.1, 0.15) is 16.1 Å². The molecule has 1 unspecified atom stereocenters. The minimum Gasteiger partial charge on any atom is -0.497 e. The van der Waals surface area contributed by atoms with Crippen molar-refractivity contribution in [3.63, 3.8) is 0 Å². The van der Waals surface area contributed by atoms with Crippen LogP contribution in [0.15, 0.2) is 24.3 Å². The topological polar surface area (TPSA) is 45.9 Å². The molecule has 2 aromatic rings. The Kier molecular flexibility index (Phi) is 5.18. The number of halogens is 4. The molecule has 0 spiro atoms. The van der Waals surface area contributed by atoms with Crippen LogP contribution in [0.2, 0.25) is 20.4 Å². The summed E-state index contributed by atoms with van der Waals surface area (Å²) >= 11 is 24.1. The highest BCUT2D eigenvalue weighted by Gasteiger charge is 2.24. The SMILES string of the molecule is COc1ccc(C(C#N)c2c(Cl)c(Cl)nc(Cl)c2Cl)cc1. The minimum atomic E-state index is -0.714. The average Bonchev–Trinajstić information content (AvgIpc) is 2.50. The average molecular weight is 362 g/mol. The van der Waals surface area contributed by atoms with E-state index in [9.17, 15) is 5.26 Å². The second-order valence-electron chi connectivity index (χ2n) is 4.07. The molecule has 0 saturated carbocycles. The molecular weight excluding hydrogens is 354 g/mol. The molecule has 1 aromatic heterocycles. The van der Waals surface area contributed by atoms with E-state index in [0.29, 0.717) is 16.9 Å². The molecule has 3 nitrogen and oxygen atoms in total. The second kappa shape index (κ2) is 6.72. The highest BCUT2D eigenvalue weighted by molar-refractivity contribution is 6.46. The van der Waals surface area contributed by atoms with Gasteiger partial charge in [0.2, 0.25) is 0 Å². The maximum absolute atomic E-state index is 9.48. The number of aromatic nitrogens is 1. The zero-order valence-corrected chi connectivity index (χ0v) is 13.7. The Bertz CT molecular complexity index is 684. The lowest BCUT2D eigenvalue weighted by molar-refractivity contribution is 0.414. The third kappa shape index (κ3) is 3.20. The molecule has 0 fully saturated rings. The van der Waals surface area contributed by atoms with Gasteiger partial charge in [-0.15, -0.1) is 0 Å². The lowest BCUT2D eigenvalue weighted by atomic mass is 9.93. The Labute approximate surface area is 142 Å². The molecule has 0 aliphatic rings. The summed E-state index contributed by atoms with van der Waals surface area (Å²) in [6.07, 6.45) is 0. The van der Waals surface area contributed by atoms with Crippen molar-refractivity contribution >= 4 is 46.4 Å². The molecule has 108 valence electrons. The van der Waals surface area contributed by atoms with E-state index in [2.05, 4.69) is 11.1 Å². The van der Waals surface area contributed by atoms with Gasteiger partial charge in [-0.1, -0.05) is 58.5 Å². The predicted molar refractivity (Wildman–Crippen MR) is 84.7 cm³/mol. The number of ether oxygens (including phenoxy) is 1. The number of hydrogen-bond acceptors (Lipinski definition) is 3. The van der Waals surface area contributed by atoms with Gasteiger partial charge in [-0.3, -0.25) is 0 Å². The number of hydrogen-bond donors (Lipinski definition) is 0. The van der Waals surface area contributed by atoms with Crippen molar-refractivity contribution in [2.24, 2.45) is 0 Å². The van der Waals surface area contributed by atoms with Crippen molar-refractivity contribution in [2.75, 3.05) is 7.11 Å². The van der Waals surface area contributed by atoms with Gasteiger partial charge in [0, 0.05) is 5.56 Å². The number of pyridine rings is 1. The zero-order valence-electron chi connectivity index (χ0n) is 10.7. The molecule has 0 amide bonds. The van der Waals surface area contributed by atoms with E-state index in [0.717, 1.165) is 0 Å². The van der Waals surface area contributed by atoms with Crippen LogP contribution in [-0.2, 0) is 0 Å². The number of nitrogens with zero attached hydrogens (tertiary/aromatic N) is 2. The normalized spacial score (nSPS) is 11.8. The summed E-state index contributed by atoms with van der Waals surface area (Å²) in [5.41, 5.74) is 1.04. The van der Waals surface area contributed by atoms with E-state index in [1.807, 2.05) is 0 Å². The lowest BCUT2D eigenvalue weighted by Gasteiger charge is -2.15. The third-order valence-electron chi connectivity index (χ3n) is 2.90. The van der Waals surface area contributed by atoms with Gasteiger partial charge >= 0.3 is 0 Å². The van der Waals surface area contributed by atoms with Crippen LogP contribution in [0.1, 0.15) is 17.0 Å². The second-order valence-corrected chi connectivity index (χ2v) is 5.54. The van der Waals surface area contributed by atoms with Gasteiger partial charge in [0.15, 0.2) is 0 Å². The van der Waals surface area contributed by atoms with Crippen molar-refractivity contribution < 1.29 is 4.74 Å². The van der Waals surface area contributed by atoms with Gasteiger partial charge in [-0.2, -0.15) is 5.26 Å². The van der Waals surface area contributed by atoms with E-state index in [1.165, 1.54) is 0 Å². The molecule has 0 aliphatic heterocycles. The Balaban J connectivity index is 2.59. The van der Waals surface area contributed by atoms with Crippen molar-refractivity contribution in [1.82, 2.24) is 4.98 Å². The van der Waals surface area contributed by atoms with Crippen LogP contribution in [0.5, 0.6) is 5.75 Å². The van der Waals surface area contributed by atoms with Crippen molar-refractivity contribution in [1.29, 1.82) is 5.26 Å². The molecule has 0 radical (unpaired) electrons. The van der Waals surface area contributed by atoms with Gasteiger partial charge in [-0.25, -0.2) is 4.98 Å². The molecule has 0 aliphatic carbocycles. The first-order chi connectivity index (χ1) is 9.99. The van der Waals surface area contributed by atoms with Gasteiger partial charge in [-0.05, 0) is 17.7 Å². The lowest BCUT2D eigenvalue weighted by Crippen LogP contribution is -2.02. The molecule has 7 heteroatoms. The third-order valence-corrected chi connectivity index (χ3v) is 4.40. The largest absolute Gasteiger partial charge is 0.497 e. The summed E-state index contributed by atoms with van der Waals surface area (Å²) in [6.45, 7) is 0. The zero-order chi connectivity index (χ0) is 15.6. The smallest absolute Gasteiger partial charge is 0.149 e. The highest BCUT2D eigenvalue weighted by Crippen LogP contribution is 2.41. The maximum Gasteiger partial charge on any atom is 0.149 e. The fourth-order valence-corrected chi connectivity index (χ4v) is 2.81. The Morgan fingerprint density at radius 3 is 2.00 bits per heavy atom. The molecule has 1 aromatic carbocycles. The quantitative estimate of drug-likeness (QED) is 0.691. The molecular formula is C14H8Cl4N2O. The molecule has 2 rings (SSSR count). The van der Waals surface area contributed by atoms with Crippen LogP contribution < -0.4 is 4.74 Å². The number of methoxy groups -OCH3 is 1. The van der Waals surface area contributed by atoms with E-state index in [1.54, 1.807) is 31.4 Å². The monoisotopic (exact) mass is 360 g/mol. The van der Waals surface area contributed by atoms with E-state index in [-0.39, 0.29) is 20.4 Å². The van der Waals surface area contributed by atoms with Crippen LogP contribution in [0, 0.1) is 11.3 Å². The molecule has 21 heavy (non-hydrogen) atoms. The van der Waals surface area contributed by atoms with E-state index >= 15 is 0 Å². The molecule has 1 heterocycles.